The van der Waals surface area contributed by atoms with Crippen molar-refractivity contribution in [2.24, 2.45) is 10.4 Å². The van der Waals surface area contributed by atoms with Gasteiger partial charge >= 0.3 is 0 Å². The number of aryl methyl sites for hydroxylation is 1. The summed E-state index contributed by atoms with van der Waals surface area (Å²) in [5.74, 6) is 0.840. The number of aromatic nitrogens is 1. The number of hydrogen-bond acceptors (Lipinski definition) is 3. The van der Waals surface area contributed by atoms with E-state index in [4.69, 9.17) is 4.74 Å². The first-order valence-electron chi connectivity index (χ1n) is 8.03. The van der Waals surface area contributed by atoms with Crippen LogP contribution in [0.25, 0.3) is 0 Å². The molecule has 1 heterocycles. The normalized spacial score (nSPS) is 16.2. The van der Waals surface area contributed by atoms with Crippen LogP contribution in [-0.2, 0) is 11.3 Å². The van der Waals surface area contributed by atoms with E-state index >= 15 is 0 Å². The number of hydrogen-bond donors (Lipinski definition) is 2. The van der Waals surface area contributed by atoms with Crippen molar-refractivity contribution in [2.45, 2.75) is 39.2 Å². The minimum absolute atomic E-state index is 0. The molecule has 1 aliphatic carbocycles. The molecular weight excluding hydrogens is 403 g/mol. The molecule has 0 unspecified atom stereocenters. The van der Waals surface area contributed by atoms with E-state index in [0.717, 1.165) is 36.9 Å². The molecule has 1 aromatic rings. The monoisotopic (exact) mass is 432 g/mol. The first kappa shape index (κ1) is 20.2. The summed E-state index contributed by atoms with van der Waals surface area (Å²) in [6.07, 6.45) is 5.00. The van der Waals surface area contributed by atoms with E-state index in [-0.39, 0.29) is 24.0 Å². The Balaban J connectivity index is 0.00000264. The van der Waals surface area contributed by atoms with Crippen molar-refractivity contribution in [1.29, 1.82) is 0 Å². The molecule has 1 aliphatic rings. The summed E-state index contributed by atoms with van der Waals surface area (Å²) in [6.45, 7) is 4.48. The molecule has 23 heavy (non-hydrogen) atoms. The van der Waals surface area contributed by atoms with Crippen LogP contribution in [0.5, 0.6) is 0 Å². The topological polar surface area (TPSA) is 58.5 Å². The SMILES string of the molecule is CN=C(NCc1cccc(C)n1)NCC1(CCOC)CCC1.I. The van der Waals surface area contributed by atoms with E-state index in [2.05, 4.69) is 20.6 Å². The van der Waals surface area contributed by atoms with Crippen LogP contribution in [-0.4, -0.2) is 38.3 Å². The van der Waals surface area contributed by atoms with Gasteiger partial charge in [-0.15, -0.1) is 24.0 Å². The molecule has 0 amide bonds. The zero-order valence-corrected chi connectivity index (χ0v) is 16.7. The number of aliphatic imine (C=N–C) groups is 1. The summed E-state index contributed by atoms with van der Waals surface area (Å²) >= 11 is 0. The lowest BCUT2D eigenvalue weighted by molar-refractivity contribution is 0.0732. The Morgan fingerprint density at radius 2 is 2.13 bits per heavy atom. The van der Waals surface area contributed by atoms with Crippen LogP contribution < -0.4 is 10.6 Å². The van der Waals surface area contributed by atoms with Gasteiger partial charge in [-0.2, -0.15) is 0 Å². The summed E-state index contributed by atoms with van der Waals surface area (Å²) in [7, 11) is 3.58. The Bertz CT molecular complexity index is 503. The lowest BCUT2D eigenvalue weighted by Gasteiger charge is -2.42. The van der Waals surface area contributed by atoms with Crippen molar-refractivity contribution in [3.8, 4) is 0 Å². The molecule has 0 spiro atoms. The van der Waals surface area contributed by atoms with Gasteiger partial charge in [-0.1, -0.05) is 12.5 Å². The molecule has 0 saturated heterocycles. The highest BCUT2D eigenvalue weighted by Crippen LogP contribution is 2.43. The second-order valence-electron chi connectivity index (χ2n) is 6.15. The molecule has 0 atom stereocenters. The number of guanidine groups is 1. The van der Waals surface area contributed by atoms with Gasteiger partial charge in [-0.05, 0) is 43.7 Å². The van der Waals surface area contributed by atoms with Gasteiger partial charge in [-0.25, -0.2) is 0 Å². The Hall–Kier alpha value is -0.890. The predicted octanol–water partition coefficient (Wildman–Crippen LogP) is 2.88. The third-order valence-electron chi connectivity index (χ3n) is 4.49. The Morgan fingerprint density at radius 3 is 2.70 bits per heavy atom. The molecular formula is C17H29IN4O. The molecule has 0 bridgehead atoms. The fraction of sp³-hybridized carbons (Fsp3) is 0.647. The maximum absolute atomic E-state index is 5.24. The fourth-order valence-electron chi connectivity index (χ4n) is 2.87. The summed E-state index contributed by atoms with van der Waals surface area (Å²) in [5.41, 5.74) is 2.45. The van der Waals surface area contributed by atoms with E-state index in [0.29, 0.717) is 12.0 Å². The van der Waals surface area contributed by atoms with E-state index in [1.807, 2.05) is 32.2 Å². The third-order valence-corrected chi connectivity index (χ3v) is 4.49. The highest BCUT2D eigenvalue weighted by Gasteiger charge is 2.36. The highest BCUT2D eigenvalue weighted by atomic mass is 127. The van der Waals surface area contributed by atoms with Crippen LogP contribution in [0.3, 0.4) is 0 Å². The molecule has 0 radical (unpaired) electrons. The van der Waals surface area contributed by atoms with Crippen molar-refractivity contribution >= 4 is 29.9 Å². The number of ether oxygens (including phenoxy) is 1. The third kappa shape index (κ3) is 6.25. The Kier molecular flexibility index (Phi) is 8.83. The lowest BCUT2D eigenvalue weighted by atomic mass is 9.67. The molecule has 5 nitrogen and oxygen atoms in total. The summed E-state index contributed by atoms with van der Waals surface area (Å²) in [4.78, 5) is 8.80. The van der Waals surface area contributed by atoms with E-state index in [1.54, 1.807) is 7.11 Å². The smallest absolute Gasteiger partial charge is 0.191 e. The standard InChI is InChI=1S/C17H28N4O.HI/c1-14-6-4-7-15(21-14)12-19-16(18-2)20-13-17(8-5-9-17)10-11-22-3;/h4,6-7H,5,8-13H2,1-3H3,(H2,18,19,20);1H. The quantitative estimate of drug-likeness (QED) is 0.395. The maximum Gasteiger partial charge on any atom is 0.191 e. The van der Waals surface area contributed by atoms with Crippen molar-refractivity contribution < 1.29 is 4.74 Å². The zero-order chi connectivity index (χ0) is 15.8. The number of halogens is 1. The molecule has 1 fully saturated rings. The van der Waals surface area contributed by atoms with Crippen LogP contribution in [0.2, 0.25) is 0 Å². The van der Waals surface area contributed by atoms with Crippen molar-refractivity contribution in [1.82, 2.24) is 15.6 Å². The van der Waals surface area contributed by atoms with E-state index in [9.17, 15) is 0 Å². The first-order valence-corrected chi connectivity index (χ1v) is 8.03. The average Bonchev–Trinajstić information content (AvgIpc) is 2.48. The molecule has 1 aromatic heterocycles. The molecule has 6 heteroatoms. The second-order valence-corrected chi connectivity index (χ2v) is 6.15. The van der Waals surface area contributed by atoms with Crippen LogP contribution in [0.1, 0.15) is 37.1 Å². The van der Waals surface area contributed by atoms with Crippen molar-refractivity contribution in [2.75, 3.05) is 27.3 Å². The summed E-state index contributed by atoms with van der Waals surface area (Å²) < 4.78 is 5.24. The number of nitrogens with zero attached hydrogens (tertiary/aromatic N) is 2. The molecule has 0 aliphatic heterocycles. The predicted molar refractivity (Wildman–Crippen MR) is 105 cm³/mol. The van der Waals surface area contributed by atoms with Crippen LogP contribution >= 0.6 is 24.0 Å². The van der Waals surface area contributed by atoms with Crippen molar-refractivity contribution in [3.05, 3.63) is 29.6 Å². The van der Waals surface area contributed by atoms with E-state index in [1.165, 1.54) is 19.3 Å². The minimum atomic E-state index is 0. The molecule has 1 saturated carbocycles. The Morgan fingerprint density at radius 1 is 1.35 bits per heavy atom. The van der Waals surface area contributed by atoms with Crippen LogP contribution in [0.15, 0.2) is 23.2 Å². The number of pyridine rings is 1. The highest BCUT2D eigenvalue weighted by molar-refractivity contribution is 14.0. The van der Waals surface area contributed by atoms with Gasteiger partial charge in [0.2, 0.25) is 0 Å². The largest absolute Gasteiger partial charge is 0.385 e. The number of rotatable bonds is 7. The minimum Gasteiger partial charge on any atom is -0.385 e. The van der Waals surface area contributed by atoms with Gasteiger partial charge in [0.15, 0.2) is 5.96 Å². The van der Waals surface area contributed by atoms with Gasteiger partial charge in [0.05, 0.1) is 12.2 Å². The van der Waals surface area contributed by atoms with Crippen LogP contribution in [0, 0.1) is 12.3 Å². The zero-order valence-electron chi connectivity index (χ0n) is 14.4. The maximum atomic E-state index is 5.24. The van der Waals surface area contributed by atoms with Gasteiger partial charge in [0.1, 0.15) is 0 Å². The molecule has 2 N–H and O–H groups in total. The van der Waals surface area contributed by atoms with E-state index < -0.39 is 0 Å². The van der Waals surface area contributed by atoms with Gasteiger partial charge < -0.3 is 15.4 Å². The summed E-state index contributed by atoms with van der Waals surface area (Å²) in [5, 5.41) is 6.80. The van der Waals surface area contributed by atoms with Gasteiger partial charge in [-0.3, -0.25) is 9.98 Å². The van der Waals surface area contributed by atoms with Gasteiger partial charge in [0.25, 0.3) is 0 Å². The van der Waals surface area contributed by atoms with Crippen molar-refractivity contribution in [3.63, 3.8) is 0 Å². The molecule has 130 valence electrons. The number of nitrogens with one attached hydrogen (secondary N) is 2. The van der Waals surface area contributed by atoms with Crippen LogP contribution in [0.4, 0.5) is 0 Å². The average molecular weight is 432 g/mol. The summed E-state index contributed by atoms with van der Waals surface area (Å²) in [6, 6.07) is 6.07. The van der Waals surface area contributed by atoms with Gasteiger partial charge in [0, 0.05) is 33.0 Å². The second kappa shape index (κ2) is 10.1. The Labute approximate surface area is 156 Å². The first-order chi connectivity index (χ1) is 10.7. The molecule has 2 rings (SSSR count). The number of methoxy groups -OCH3 is 1. The molecule has 0 aromatic carbocycles. The fourth-order valence-corrected chi connectivity index (χ4v) is 2.87. The lowest BCUT2D eigenvalue weighted by Crippen LogP contribution is -2.46.